The number of hydrogen-bond donors (Lipinski definition) is 2. The van der Waals surface area contributed by atoms with E-state index in [4.69, 9.17) is 15.2 Å². The number of hydrogen-bond acceptors (Lipinski definition) is 6. The molecule has 1 aliphatic rings. The second-order valence-corrected chi connectivity index (χ2v) is 7.67. The monoisotopic (exact) mass is 407 g/mol. The molecule has 0 aromatic heterocycles. The Hall–Kier alpha value is -1.39. The lowest BCUT2D eigenvalue weighted by Gasteiger charge is -2.27. The molecule has 1 heterocycles. The number of amides is 1. The maximum Gasteiger partial charge on any atom is 0.246 e. The molecule has 0 saturated carbocycles. The molecule has 1 aromatic rings. The molecular formula is C16H26ClN3O5S. The van der Waals surface area contributed by atoms with Crippen LogP contribution in [0.15, 0.2) is 23.1 Å². The number of rotatable bonds is 7. The molecule has 1 amide bonds. The number of carbonyl (C=O) groups excluding carboxylic acids is 1. The van der Waals surface area contributed by atoms with Gasteiger partial charge in [-0.3, -0.25) is 4.79 Å². The zero-order valence-corrected chi connectivity index (χ0v) is 16.6. The van der Waals surface area contributed by atoms with Crippen molar-refractivity contribution in [3.63, 3.8) is 0 Å². The number of ether oxygens (including phenoxy) is 2. The number of nitrogens with two attached hydrogens (primary N) is 1. The molecule has 3 N–H and O–H groups in total. The number of halogens is 1. The van der Waals surface area contributed by atoms with Crippen molar-refractivity contribution >= 4 is 34.0 Å². The van der Waals surface area contributed by atoms with Crippen molar-refractivity contribution in [1.82, 2.24) is 4.31 Å². The summed E-state index contributed by atoms with van der Waals surface area (Å²) in [7, 11) is -2.34. The first-order chi connectivity index (χ1) is 11.9. The largest absolute Gasteiger partial charge is 0.495 e. The molecule has 1 saturated heterocycles. The number of methoxy groups -OCH3 is 1. The highest BCUT2D eigenvalue weighted by molar-refractivity contribution is 7.89. The summed E-state index contributed by atoms with van der Waals surface area (Å²) in [6, 6.07) is 3.88. The number of nitrogens with one attached hydrogen (secondary N) is 1. The zero-order valence-electron chi connectivity index (χ0n) is 14.9. The Morgan fingerprint density at radius 3 is 2.62 bits per heavy atom. The summed E-state index contributed by atoms with van der Waals surface area (Å²) in [5, 5.41) is 2.67. The van der Waals surface area contributed by atoms with E-state index in [0.29, 0.717) is 25.3 Å². The lowest BCUT2D eigenvalue weighted by molar-refractivity contribution is -0.117. The topological polar surface area (TPSA) is 111 Å². The van der Waals surface area contributed by atoms with E-state index in [1.807, 2.05) is 6.92 Å². The molecule has 1 aromatic carbocycles. The Labute approximate surface area is 160 Å². The minimum atomic E-state index is -3.75. The summed E-state index contributed by atoms with van der Waals surface area (Å²) in [5.41, 5.74) is 6.16. The van der Waals surface area contributed by atoms with Crippen LogP contribution < -0.4 is 15.8 Å². The number of benzene rings is 1. The van der Waals surface area contributed by atoms with E-state index in [2.05, 4.69) is 5.32 Å². The van der Waals surface area contributed by atoms with E-state index in [1.54, 1.807) is 6.07 Å². The lowest BCUT2D eigenvalue weighted by Crippen LogP contribution is -2.40. The van der Waals surface area contributed by atoms with Crippen molar-refractivity contribution < 1.29 is 22.7 Å². The van der Waals surface area contributed by atoms with Crippen LogP contribution >= 0.6 is 12.4 Å². The van der Waals surface area contributed by atoms with Crippen molar-refractivity contribution in [2.24, 2.45) is 5.73 Å². The molecule has 1 atom stereocenters. The van der Waals surface area contributed by atoms with Crippen LogP contribution in [0, 0.1) is 0 Å². The molecule has 0 spiro atoms. The molecule has 8 nitrogen and oxygen atoms in total. The SMILES string of the molecule is CCCC(N)C(=O)Nc1ccc(OC)c(S(=O)(=O)N2CCOCC2)c1.Cl. The van der Waals surface area contributed by atoms with Crippen LogP contribution in [0.5, 0.6) is 5.75 Å². The fourth-order valence-electron chi connectivity index (χ4n) is 2.56. The second kappa shape index (κ2) is 10.1. The van der Waals surface area contributed by atoms with Gasteiger partial charge in [-0.2, -0.15) is 4.31 Å². The van der Waals surface area contributed by atoms with E-state index >= 15 is 0 Å². The molecule has 148 valence electrons. The van der Waals surface area contributed by atoms with Crippen LogP contribution in [0.1, 0.15) is 19.8 Å². The van der Waals surface area contributed by atoms with E-state index in [0.717, 1.165) is 6.42 Å². The summed E-state index contributed by atoms with van der Waals surface area (Å²) in [6.45, 7) is 3.20. The van der Waals surface area contributed by atoms with E-state index in [9.17, 15) is 13.2 Å². The van der Waals surface area contributed by atoms with Crippen LogP contribution in [0.25, 0.3) is 0 Å². The molecule has 1 unspecified atom stereocenters. The van der Waals surface area contributed by atoms with Gasteiger partial charge >= 0.3 is 0 Å². The highest BCUT2D eigenvalue weighted by atomic mass is 35.5. The molecule has 26 heavy (non-hydrogen) atoms. The lowest BCUT2D eigenvalue weighted by atomic mass is 10.1. The second-order valence-electron chi connectivity index (χ2n) is 5.77. The van der Waals surface area contributed by atoms with Crippen molar-refractivity contribution in [3.8, 4) is 5.75 Å². The Morgan fingerprint density at radius 2 is 2.04 bits per heavy atom. The predicted molar refractivity (Wildman–Crippen MR) is 101 cm³/mol. The molecule has 0 aliphatic carbocycles. The van der Waals surface area contributed by atoms with Gasteiger partial charge in [0.15, 0.2) is 0 Å². The maximum absolute atomic E-state index is 12.9. The zero-order chi connectivity index (χ0) is 18.4. The highest BCUT2D eigenvalue weighted by Crippen LogP contribution is 2.30. The third kappa shape index (κ3) is 5.31. The molecule has 10 heteroatoms. The summed E-state index contributed by atoms with van der Waals surface area (Å²) < 4.78 is 37.5. The first kappa shape index (κ1) is 22.7. The van der Waals surface area contributed by atoms with Crippen LogP contribution in [0.4, 0.5) is 5.69 Å². The van der Waals surface area contributed by atoms with Gasteiger partial charge in [-0.1, -0.05) is 13.3 Å². The summed E-state index contributed by atoms with van der Waals surface area (Å²) in [6.07, 6.45) is 1.34. The smallest absolute Gasteiger partial charge is 0.246 e. The fourth-order valence-corrected chi connectivity index (χ4v) is 4.15. The number of carbonyl (C=O) groups is 1. The van der Waals surface area contributed by atoms with Crippen LogP contribution in [-0.2, 0) is 19.6 Å². The van der Waals surface area contributed by atoms with Gasteiger partial charge < -0.3 is 20.5 Å². The van der Waals surface area contributed by atoms with Crippen LogP contribution in [0.3, 0.4) is 0 Å². The summed E-state index contributed by atoms with van der Waals surface area (Å²) in [5.74, 6) is -0.121. The Kier molecular flexibility index (Phi) is 8.78. The van der Waals surface area contributed by atoms with Gasteiger partial charge in [0, 0.05) is 18.8 Å². The normalized spacial score (nSPS) is 16.4. The van der Waals surface area contributed by atoms with Gasteiger partial charge in [0.2, 0.25) is 15.9 Å². The summed E-state index contributed by atoms with van der Waals surface area (Å²) >= 11 is 0. The van der Waals surface area contributed by atoms with Gasteiger partial charge in [0.25, 0.3) is 0 Å². The molecule has 2 rings (SSSR count). The summed E-state index contributed by atoms with van der Waals surface area (Å²) in [4.78, 5) is 12.1. The Balaban J connectivity index is 0.00000338. The third-order valence-corrected chi connectivity index (χ3v) is 5.88. The first-order valence-corrected chi connectivity index (χ1v) is 9.66. The van der Waals surface area contributed by atoms with E-state index in [1.165, 1.54) is 23.5 Å². The molecule has 0 radical (unpaired) electrons. The van der Waals surface area contributed by atoms with Crippen LogP contribution in [0.2, 0.25) is 0 Å². The quantitative estimate of drug-likeness (QED) is 0.702. The standard InChI is InChI=1S/C16H25N3O5S.ClH/c1-3-4-13(17)16(20)18-12-5-6-14(23-2)15(11-12)25(21,22)19-7-9-24-10-8-19;/h5-6,11,13H,3-4,7-10,17H2,1-2H3,(H,18,20);1H. The number of morpholine rings is 1. The molecule has 1 fully saturated rings. The van der Waals surface area contributed by atoms with Crippen molar-refractivity contribution in [1.29, 1.82) is 0 Å². The van der Waals surface area contributed by atoms with Crippen LogP contribution in [-0.4, -0.2) is 58.1 Å². The number of anilines is 1. The molecular weight excluding hydrogens is 382 g/mol. The van der Waals surface area contributed by atoms with Gasteiger partial charge in [-0.05, 0) is 24.6 Å². The predicted octanol–water partition coefficient (Wildman–Crippen LogP) is 1.20. The van der Waals surface area contributed by atoms with Crippen molar-refractivity contribution in [3.05, 3.63) is 18.2 Å². The van der Waals surface area contributed by atoms with Gasteiger partial charge in [0.1, 0.15) is 10.6 Å². The third-order valence-electron chi connectivity index (χ3n) is 3.96. The average molecular weight is 408 g/mol. The number of nitrogens with zero attached hydrogens (tertiary/aromatic N) is 1. The molecule has 0 bridgehead atoms. The van der Waals surface area contributed by atoms with Crippen molar-refractivity contribution in [2.75, 3.05) is 38.7 Å². The van der Waals surface area contributed by atoms with Gasteiger partial charge in [0.05, 0.1) is 26.4 Å². The maximum atomic E-state index is 12.9. The highest BCUT2D eigenvalue weighted by Gasteiger charge is 2.29. The molecule has 1 aliphatic heterocycles. The van der Waals surface area contributed by atoms with Gasteiger partial charge in [-0.15, -0.1) is 12.4 Å². The fraction of sp³-hybridized carbons (Fsp3) is 0.562. The van der Waals surface area contributed by atoms with Crippen molar-refractivity contribution in [2.45, 2.75) is 30.7 Å². The van der Waals surface area contributed by atoms with E-state index < -0.39 is 16.1 Å². The Morgan fingerprint density at radius 1 is 1.38 bits per heavy atom. The average Bonchev–Trinajstić information content (AvgIpc) is 2.62. The Bertz CT molecular complexity index is 708. The minimum absolute atomic E-state index is 0. The van der Waals surface area contributed by atoms with Gasteiger partial charge in [-0.25, -0.2) is 8.42 Å². The minimum Gasteiger partial charge on any atom is -0.495 e. The number of sulfonamides is 1. The first-order valence-electron chi connectivity index (χ1n) is 8.22. The van der Waals surface area contributed by atoms with E-state index in [-0.39, 0.29) is 42.0 Å².